The Hall–Kier alpha value is -2.11. The topological polar surface area (TPSA) is 95.5 Å². The minimum Gasteiger partial charge on any atom is -0.465 e. The zero-order valence-electron chi connectivity index (χ0n) is 8.31. The average molecular weight is 210 g/mol. The van der Waals surface area contributed by atoms with Gasteiger partial charge in [-0.1, -0.05) is 0 Å². The lowest BCUT2D eigenvalue weighted by Crippen LogP contribution is -2.07. The first-order valence-corrected chi connectivity index (χ1v) is 4.10. The number of nitro benzene ring substituents is 1. The van der Waals surface area contributed by atoms with Gasteiger partial charge >= 0.3 is 5.97 Å². The number of carbonyl (C=O) groups excluding carboxylic acids is 1. The zero-order valence-corrected chi connectivity index (χ0v) is 8.31. The number of anilines is 1. The van der Waals surface area contributed by atoms with Crippen molar-refractivity contribution in [2.24, 2.45) is 0 Å². The van der Waals surface area contributed by atoms with Gasteiger partial charge < -0.3 is 10.5 Å². The predicted octanol–water partition coefficient (Wildman–Crippen LogP) is 1.27. The number of rotatable bonds is 2. The number of esters is 1. The van der Waals surface area contributed by atoms with Gasteiger partial charge in [0, 0.05) is 17.8 Å². The van der Waals surface area contributed by atoms with Crippen LogP contribution in [0.2, 0.25) is 0 Å². The van der Waals surface area contributed by atoms with Crippen LogP contribution in [0.15, 0.2) is 12.1 Å². The van der Waals surface area contributed by atoms with Crippen LogP contribution >= 0.6 is 0 Å². The Morgan fingerprint density at radius 2 is 2.13 bits per heavy atom. The molecular formula is C9H10N2O4. The van der Waals surface area contributed by atoms with Gasteiger partial charge in [0.05, 0.1) is 17.6 Å². The van der Waals surface area contributed by atoms with E-state index in [1.165, 1.54) is 13.2 Å². The van der Waals surface area contributed by atoms with E-state index in [0.29, 0.717) is 5.56 Å². The number of methoxy groups -OCH3 is 1. The molecule has 0 saturated carbocycles. The molecule has 0 spiro atoms. The fourth-order valence-electron chi connectivity index (χ4n) is 1.15. The highest BCUT2D eigenvalue weighted by Crippen LogP contribution is 2.24. The third-order valence-corrected chi connectivity index (χ3v) is 2.05. The standard InChI is InChI=1S/C9H10N2O4/c1-5-7(9(12)15-2)3-6(11(13)14)4-8(5)10/h3-4H,10H2,1-2H3. The number of ether oxygens (including phenoxy) is 1. The van der Waals surface area contributed by atoms with Gasteiger partial charge in [-0.25, -0.2) is 4.79 Å². The number of benzene rings is 1. The molecule has 0 aliphatic rings. The Labute approximate surface area is 85.8 Å². The number of nitrogen functional groups attached to an aromatic ring is 1. The molecule has 0 radical (unpaired) electrons. The van der Waals surface area contributed by atoms with Crippen LogP contribution in [0.5, 0.6) is 0 Å². The number of hydrogen-bond donors (Lipinski definition) is 1. The second-order valence-corrected chi connectivity index (χ2v) is 2.96. The molecule has 0 aliphatic heterocycles. The first-order chi connectivity index (χ1) is 6.97. The minimum absolute atomic E-state index is 0.115. The van der Waals surface area contributed by atoms with Gasteiger partial charge in [0.1, 0.15) is 0 Å². The minimum atomic E-state index is -0.636. The molecule has 0 bridgehead atoms. The Morgan fingerprint density at radius 3 is 2.60 bits per heavy atom. The van der Waals surface area contributed by atoms with Crippen LogP contribution in [0.25, 0.3) is 0 Å². The van der Waals surface area contributed by atoms with Crippen molar-refractivity contribution in [3.8, 4) is 0 Å². The Bertz CT molecular complexity index is 428. The number of nitrogens with two attached hydrogens (primary N) is 1. The number of carbonyl (C=O) groups is 1. The van der Waals surface area contributed by atoms with Gasteiger partial charge in [-0.3, -0.25) is 10.1 Å². The van der Waals surface area contributed by atoms with Crippen molar-refractivity contribution in [2.75, 3.05) is 12.8 Å². The van der Waals surface area contributed by atoms with E-state index in [1.807, 2.05) is 0 Å². The molecule has 0 aliphatic carbocycles. The molecule has 0 unspecified atom stereocenters. The molecule has 1 aromatic carbocycles. The van der Waals surface area contributed by atoms with E-state index in [9.17, 15) is 14.9 Å². The van der Waals surface area contributed by atoms with E-state index in [1.54, 1.807) is 6.92 Å². The highest BCUT2D eigenvalue weighted by atomic mass is 16.6. The summed E-state index contributed by atoms with van der Waals surface area (Å²) >= 11 is 0. The van der Waals surface area contributed by atoms with E-state index in [-0.39, 0.29) is 16.9 Å². The number of hydrogen-bond acceptors (Lipinski definition) is 5. The lowest BCUT2D eigenvalue weighted by Gasteiger charge is -2.06. The maximum Gasteiger partial charge on any atom is 0.338 e. The molecule has 0 aromatic heterocycles. The second-order valence-electron chi connectivity index (χ2n) is 2.96. The molecule has 2 N–H and O–H groups in total. The fraction of sp³-hybridized carbons (Fsp3) is 0.222. The summed E-state index contributed by atoms with van der Waals surface area (Å²) in [6, 6.07) is 2.36. The van der Waals surface area contributed by atoms with E-state index >= 15 is 0 Å². The number of non-ortho nitro benzene ring substituents is 1. The van der Waals surface area contributed by atoms with Crippen LogP contribution < -0.4 is 5.73 Å². The van der Waals surface area contributed by atoms with Crippen molar-refractivity contribution < 1.29 is 14.5 Å². The maximum atomic E-state index is 11.3. The van der Waals surface area contributed by atoms with E-state index < -0.39 is 10.9 Å². The molecule has 6 nitrogen and oxygen atoms in total. The van der Waals surface area contributed by atoms with Crippen molar-refractivity contribution in [3.05, 3.63) is 33.4 Å². The molecule has 0 saturated heterocycles. The molecule has 0 heterocycles. The van der Waals surface area contributed by atoms with Gasteiger partial charge in [-0.2, -0.15) is 0 Å². The normalized spacial score (nSPS) is 9.73. The largest absolute Gasteiger partial charge is 0.465 e. The van der Waals surface area contributed by atoms with Crippen LogP contribution in [0.1, 0.15) is 15.9 Å². The van der Waals surface area contributed by atoms with Gasteiger partial charge in [0.25, 0.3) is 5.69 Å². The highest BCUT2D eigenvalue weighted by molar-refractivity contribution is 5.93. The molecule has 0 fully saturated rings. The molecule has 0 atom stereocenters. The molecule has 1 aromatic rings. The van der Waals surface area contributed by atoms with Gasteiger partial charge in [-0.05, 0) is 12.5 Å². The van der Waals surface area contributed by atoms with Crippen LogP contribution in [0.3, 0.4) is 0 Å². The molecule has 80 valence electrons. The third kappa shape index (κ3) is 2.04. The molecule has 15 heavy (non-hydrogen) atoms. The fourth-order valence-corrected chi connectivity index (χ4v) is 1.15. The average Bonchev–Trinajstić information content (AvgIpc) is 2.20. The van der Waals surface area contributed by atoms with E-state index in [2.05, 4.69) is 4.74 Å². The zero-order chi connectivity index (χ0) is 11.6. The van der Waals surface area contributed by atoms with Gasteiger partial charge in [0.15, 0.2) is 0 Å². The SMILES string of the molecule is COC(=O)c1cc([N+](=O)[O-])cc(N)c1C. The van der Waals surface area contributed by atoms with Crippen molar-refractivity contribution in [1.82, 2.24) is 0 Å². The Morgan fingerprint density at radius 1 is 1.53 bits per heavy atom. The number of nitrogens with zero attached hydrogens (tertiary/aromatic N) is 1. The summed E-state index contributed by atoms with van der Waals surface area (Å²) in [4.78, 5) is 21.2. The van der Waals surface area contributed by atoms with Crippen LogP contribution in [-0.4, -0.2) is 18.0 Å². The first kappa shape index (κ1) is 11.0. The summed E-state index contributed by atoms with van der Waals surface area (Å²) in [5.41, 5.74) is 6.11. The first-order valence-electron chi connectivity index (χ1n) is 4.10. The number of nitro groups is 1. The quantitative estimate of drug-likeness (QED) is 0.343. The lowest BCUT2D eigenvalue weighted by molar-refractivity contribution is -0.384. The van der Waals surface area contributed by atoms with Crippen molar-refractivity contribution in [3.63, 3.8) is 0 Å². The van der Waals surface area contributed by atoms with Crippen molar-refractivity contribution >= 4 is 17.3 Å². The molecule has 0 amide bonds. The predicted molar refractivity (Wildman–Crippen MR) is 53.6 cm³/mol. The molecule has 6 heteroatoms. The Balaban J connectivity index is 3.37. The smallest absolute Gasteiger partial charge is 0.338 e. The monoisotopic (exact) mass is 210 g/mol. The van der Waals surface area contributed by atoms with Crippen LogP contribution in [-0.2, 0) is 4.74 Å². The van der Waals surface area contributed by atoms with Gasteiger partial charge in [0.2, 0.25) is 0 Å². The second kappa shape index (κ2) is 3.95. The van der Waals surface area contributed by atoms with Crippen LogP contribution in [0.4, 0.5) is 11.4 Å². The van der Waals surface area contributed by atoms with Crippen molar-refractivity contribution in [2.45, 2.75) is 6.92 Å². The summed E-state index contributed by atoms with van der Waals surface area (Å²) < 4.78 is 4.49. The Kier molecular flexibility index (Phi) is 2.89. The van der Waals surface area contributed by atoms with Gasteiger partial charge in [-0.15, -0.1) is 0 Å². The summed E-state index contributed by atoms with van der Waals surface area (Å²) in [7, 11) is 1.21. The summed E-state index contributed by atoms with van der Waals surface area (Å²) in [5, 5.41) is 10.5. The summed E-state index contributed by atoms with van der Waals surface area (Å²) in [6.07, 6.45) is 0. The summed E-state index contributed by atoms with van der Waals surface area (Å²) in [6.45, 7) is 1.60. The molecular weight excluding hydrogens is 200 g/mol. The summed E-state index contributed by atoms with van der Waals surface area (Å²) in [5.74, 6) is -0.636. The van der Waals surface area contributed by atoms with Crippen molar-refractivity contribution in [1.29, 1.82) is 0 Å². The molecule has 1 rings (SSSR count). The van der Waals surface area contributed by atoms with E-state index in [0.717, 1.165) is 6.07 Å². The maximum absolute atomic E-state index is 11.3. The third-order valence-electron chi connectivity index (χ3n) is 2.05. The highest BCUT2D eigenvalue weighted by Gasteiger charge is 2.17. The van der Waals surface area contributed by atoms with E-state index in [4.69, 9.17) is 5.73 Å². The van der Waals surface area contributed by atoms with Crippen LogP contribution in [0, 0.1) is 17.0 Å². The lowest BCUT2D eigenvalue weighted by atomic mass is 10.1.